The molecule has 96 valence electrons. The van der Waals surface area contributed by atoms with Crippen LogP contribution in [-0.2, 0) is 0 Å². The minimum Gasteiger partial charge on any atom is -0.383 e. The summed E-state index contributed by atoms with van der Waals surface area (Å²) in [6.45, 7) is 3.56. The van der Waals surface area contributed by atoms with Gasteiger partial charge in [-0.05, 0) is 54.6 Å². The van der Waals surface area contributed by atoms with Crippen LogP contribution >= 0.6 is 22.6 Å². The second kappa shape index (κ2) is 4.83. The Hall–Kier alpha value is -1.18. The minimum absolute atomic E-state index is 0.237. The van der Waals surface area contributed by atoms with E-state index in [4.69, 9.17) is 5.73 Å². The lowest BCUT2D eigenvalue weighted by atomic mass is 10.1. The average molecular weight is 363 g/mol. The fourth-order valence-electron chi connectivity index (χ4n) is 1.81. The van der Waals surface area contributed by atoms with Crippen molar-refractivity contribution in [3.05, 3.63) is 44.7 Å². The van der Waals surface area contributed by atoms with Crippen LogP contribution in [0.2, 0.25) is 0 Å². The third-order valence-electron chi connectivity index (χ3n) is 2.82. The molecule has 1 unspecified atom stereocenters. The summed E-state index contributed by atoms with van der Waals surface area (Å²) in [6.07, 6.45) is 0. The highest BCUT2D eigenvalue weighted by Crippen LogP contribution is 2.27. The Kier molecular flexibility index (Phi) is 3.56. The Morgan fingerprint density at radius 2 is 2.06 bits per heavy atom. The van der Waals surface area contributed by atoms with Crippen molar-refractivity contribution < 1.29 is 8.78 Å². The molecule has 0 radical (unpaired) electrons. The quantitative estimate of drug-likeness (QED) is 0.833. The number of benzene rings is 1. The number of nitrogen functional groups attached to an aromatic ring is 1. The maximum Gasteiger partial charge on any atom is 0.136 e. The van der Waals surface area contributed by atoms with Crippen LogP contribution in [0.25, 0.3) is 0 Å². The van der Waals surface area contributed by atoms with Crippen LogP contribution in [-0.4, -0.2) is 9.78 Å². The highest BCUT2D eigenvalue weighted by atomic mass is 127. The van der Waals surface area contributed by atoms with Crippen molar-refractivity contribution in [3.63, 3.8) is 0 Å². The standard InChI is InChI=1S/C12H12F2IN3/c1-6-11(15)12(16)18(17-6)7(2)9-5-8(13)3-4-10(9)14/h3-5,7H,16H2,1-2H3. The summed E-state index contributed by atoms with van der Waals surface area (Å²) in [7, 11) is 0. The van der Waals surface area contributed by atoms with Gasteiger partial charge in [0.1, 0.15) is 17.5 Å². The molecule has 18 heavy (non-hydrogen) atoms. The zero-order chi connectivity index (χ0) is 13.4. The molecule has 2 aromatic rings. The fourth-order valence-corrected chi connectivity index (χ4v) is 2.16. The normalized spacial score (nSPS) is 12.7. The molecule has 6 heteroatoms. The van der Waals surface area contributed by atoms with Crippen molar-refractivity contribution in [1.82, 2.24) is 9.78 Å². The summed E-state index contributed by atoms with van der Waals surface area (Å²) in [6, 6.07) is 2.91. The molecular formula is C12H12F2IN3. The van der Waals surface area contributed by atoms with E-state index in [0.29, 0.717) is 5.82 Å². The second-order valence-corrected chi connectivity index (χ2v) is 5.15. The number of anilines is 1. The number of aryl methyl sites for hydroxylation is 1. The third-order valence-corrected chi connectivity index (χ3v) is 4.16. The molecule has 0 aliphatic carbocycles. The summed E-state index contributed by atoms with van der Waals surface area (Å²) in [4.78, 5) is 0. The zero-order valence-electron chi connectivity index (χ0n) is 9.92. The van der Waals surface area contributed by atoms with E-state index in [0.717, 1.165) is 21.4 Å². The highest BCUT2D eigenvalue weighted by Gasteiger charge is 2.19. The number of hydrogen-bond donors (Lipinski definition) is 1. The van der Waals surface area contributed by atoms with Crippen LogP contribution in [0.1, 0.15) is 24.2 Å². The van der Waals surface area contributed by atoms with Crippen LogP contribution in [0.5, 0.6) is 0 Å². The molecule has 1 aromatic heterocycles. The van der Waals surface area contributed by atoms with Gasteiger partial charge in [0, 0.05) is 5.56 Å². The number of hydrogen-bond acceptors (Lipinski definition) is 2. The topological polar surface area (TPSA) is 43.8 Å². The predicted molar refractivity (Wildman–Crippen MR) is 74.3 cm³/mol. The molecule has 0 aliphatic rings. The van der Waals surface area contributed by atoms with Gasteiger partial charge in [-0.3, -0.25) is 0 Å². The summed E-state index contributed by atoms with van der Waals surface area (Å²) >= 11 is 2.08. The van der Waals surface area contributed by atoms with Crippen LogP contribution in [0.3, 0.4) is 0 Å². The van der Waals surface area contributed by atoms with Crippen molar-refractivity contribution in [2.24, 2.45) is 0 Å². The molecule has 1 atom stereocenters. The summed E-state index contributed by atoms with van der Waals surface area (Å²) in [5.74, 6) is -0.480. The van der Waals surface area contributed by atoms with Crippen molar-refractivity contribution in [2.45, 2.75) is 19.9 Å². The smallest absolute Gasteiger partial charge is 0.136 e. The molecular weight excluding hydrogens is 351 g/mol. The lowest BCUT2D eigenvalue weighted by Crippen LogP contribution is -2.13. The lowest BCUT2D eigenvalue weighted by Gasteiger charge is -2.15. The van der Waals surface area contributed by atoms with E-state index in [-0.39, 0.29) is 5.56 Å². The van der Waals surface area contributed by atoms with Gasteiger partial charge in [0.25, 0.3) is 0 Å². The Morgan fingerprint density at radius 3 is 2.61 bits per heavy atom. The number of halogens is 3. The van der Waals surface area contributed by atoms with E-state index in [1.54, 1.807) is 6.92 Å². The van der Waals surface area contributed by atoms with Gasteiger partial charge in [0.05, 0.1) is 15.3 Å². The first kappa shape index (κ1) is 13.3. The van der Waals surface area contributed by atoms with E-state index in [1.807, 2.05) is 6.92 Å². The maximum absolute atomic E-state index is 13.7. The first-order valence-electron chi connectivity index (χ1n) is 5.37. The van der Waals surface area contributed by atoms with Gasteiger partial charge >= 0.3 is 0 Å². The third kappa shape index (κ3) is 2.21. The SMILES string of the molecule is Cc1nn(C(C)c2cc(F)ccc2F)c(N)c1I. The van der Waals surface area contributed by atoms with Crippen molar-refractivity contribution in [2.75, 3.05) is 5.73 Å². The number of aromatic nitrogens is 2. The predicted octanol–water partition coefficient (Wildman–Crippen LogP) is 3.27. The highest BCUT2D eigenvalue weighted by molar-refractivity contribution is 14.1. The molecule has 1 heterocycles. The van der Waals surface area contributed by atoms with Crippen molar-refractivity contribution >= 4 is 28.4 Å². The molecule has 0 aliphatic heterocycles. The summed E-state index contributed by atoms with van der Waals surface area (Å²) in [5, 5.41) is 4.25. The van der Waals surface area contributed by atoms with Gasteiger partial charge in [0.2, 0.25) is 0 Å². The lowest BCUT2D eigenvalue weighted by molar-refractivity contribution is 0.515. The Balaban J connectivity index is 2.50. The number of rotatable bonds is 2. The van der Waals surface area contributed by atoms with E-state index in [1.165, 1.54) is 10.7 Å². The van der Waals surface area contributed by atoms with E-state index >= 15 is 0 Å². The van der Waals surface area contributed by atoms with E-state index in [2.05, 4.69) is 27.7 Å². The van der Waals surface area contributed by atoms with Crippen LogP contribution < -0.4 is 5.73 Å². The van der Waals surface area contributed by atoms with Crippen molar-refractivity contribution in [1.29, 1.82) is 0 Å². The van der Waals surface area contributed by atoms with Crippen molar-refractivity contribution in [3.8, 4) is 0 Å². The van der Waals surface area contributed by atoms with Gasteiger partial charge in [-0.2, -0.15) is 5.10 Å². The summed E-state index contributed by atoms with van der Waals surface area (Å²) in [5.41, 5.74) is 6.92. The van der Waals surface area contributed by atoms with Crippen LogP contribution in [0.4, 0.5) is 14.6 Å². The number of nitrogens with two attached hydrogens (primary N) is 1. The molecule has 0 spiro atoms. The van der Waals surface area contributed by atoms with Crippen LogP contribution in [0, 0.1) is 22.1 Å². The molecule has 0 saturated heterocycles. The van der Waals surface area contributed by atoms with Gasteiger partial charge in [-0.1, -0.05) is 0 Å². The zero-order valence-corrected chi connectivity index (χ0v) is 12.1. The minimum atomic E-state index is -0.476. The Morgan fingerprint density at radius 1 is 1.39 bits per heavy atom. The Labute approximate surface area is 117 Å². The molecule has 0 saturated carbocycles. The average Bonchev–Trinajstić information content (AvgIpc) is 2.59. The molecule has 0 bridgehead atoms. The maximum atomic E-state index is 13.7. The summed E-state index contributed by atoms with van der Waals surface area (Å²) < 4.78 is 29.2. The molecule has 0 amide bonds. The van der Waals surface area contributed by atoms with Crippen LogP contribution in [0.15, 0.2) is 18.2 Å². The van der Waals surface area contributed by atoms with Gasteiger partial charge < -0.3 is 5.73 Å². The molecule has 2 rings (SSSR count). The van der Waals surface area contributed by atoms with E-state index < -0.39 is 17.7 Å². The molecule has 0 fully saturated rings. The van der Waals surface area contributed by atoms with Gasteiger partial charge in [0.15, 0.2) is 0 Å². The molecule has 2 N–H and O–H groups in total. The number of nitrogens with zero attached hydrogens (tertiary/aromatic N) is 2. The monoisotopic (exact) mass is 363 g/mol. The van der Waals surface area contributed by atoms with Gasteiger partial charge in [-0.25, -0.2) is 13.5 Å². The molecule has 3 nitrogen and oxygen atoms in total. The first-order valence-corrected chi connectivity index (χ1v) is 6.44. The molecule has 1 aromatic carbocycles. The second-order valence-electron chi connectivity index (χ2n) is 4.07. The Bertz CT molecular complexity index is 595. The fraction of sp³-hybridized carbons (Fsp3) is 0.250. The largest absolute Gasteiger partial charge is 0.383 e. The van der Waals surface area contributed by atoms with E-state index in [9.17, 15) is 8.78 Å². The van der Waals surface area contributed by atoms with Gasteiger partial charge in [-0.15, -0.1) is 0 Å². The first-order chi connectivity index (χ1) is 8.41.